The van der Waals surface area contributed by atoms with Gasteiger partial charge in [0.2, 0.25) is 0 Å². The highest BCUT2D eigenvalue weighted by atomic mass is 16.5. The van der Waals surface area contributed by atoms with Crippen molar-refractivity contribution in [1.82, 2.24) is 4.90 Å². The van der Waals surface area contributed by atoms with Gasteiger partial charge in [-0.2, -0.15) is 0 Å². The molecule has 0 aromatic heterocycles. The molecule has 0 saturated carbocycles. The lowest BCUT2D eigenvalue weighted by Gasteiger charge is -2.12. The Kier molecular flexibility index (Phi) is 4.65. The van der Waals surface area contributed by atoms with Crippen LogP contribution in [0.4, 0.5) is 0 Å². The van der Waals surface area contributed by atoms with Gasteiger partial charge in [-0.1, -0.05) is 43.7 Å². The number of unbranched alkanes of at least 4 members (excludes halogenated alkanes) is 1. The number of fused-ring (bicyclic) bond motifs is 2. The number of nitrogens with zero attached hydrogens (tertiary/aromatic N) is 1. The first-order chi connectivity index (χ1) is 13.6. The number of benzene rings is 3. The third-order valence-electron chi connectivity index (χ3n) is 4.87. The van der Waals surface area contributed by atoms with Crippen LogP contribution in [0.25, 0.3) is 10.8 Å². The van der Waals surface area contributed by atoms with Gasteiger partial charge in [0.1, 0.15) is 5.75 Å². The lowest BCUT2D eigenvalue weighted by atomic mass is 10.1. The highest BCUT2D eigenvalue weighted by molar-refractivity contribution is 6.22. The van der Waals surface area contributed by atoms with Crippen molar-refractivity contribution < 1.29 is 19.1 Å². The Balaban J connectivity index is 1.57. The number of rotatable bonds is 5. The van der Waals surface area contributed by atoms with Crippen LogP contribution in [0.1, 0.15) is 50.8 Å². The summed E-state index contributed by atoms with van der Waals surface area (Å²) in [6, 6.07) is 17.7. The van der Waals surface area contributed by atoms with Crippen LogP contribution in [0.3, 0.4) is 0 Å². The van der Waals surface area contributed by atoms with E-state index in [1.807, 2.05) is 37.3 Å². The van der Waals surface area contributed by atoms with Gasteiger partial charge >= 0.3 is 5.97 Å². The molecule has 0 unspecified atom stereocenters. The van der Waals surface area contributed by atoms with E-state index >= 15 is 0 Å². The summed E-state index contributed by atoms with van der Waals surface area (Å²) >= 11 is 0. The molecule has 2 amide bonds. The molecule has 0 bridgehead atoms. The summed E-state index contributed by atoms with van der Waals surface area (Å²) in [5.74, 6) is -0.793. The second-order valence-corrected chi connectivity index (χ2v) is 6.77. The molecule has 0 aliphatic carbocycles. The van der Waals surface area contributed by atoms with E-state index in [9.17, 15) is 14.4 Å². The fraction of sp³-hybridized carbons (Fsp3) is 0.174. The quantitative estimate of drug-likeness (QED) is 0.376. The number of esters is 1. The number of hydrogen-bond donors (Lipinski definition) is 0. The van der Waals surface area contributed by atoms with Gasteiger partial charge in [0, 0.05) is 6.54 Å². The van der Waals surface area contributed by atoms with E-state index in [1.54, 1.807) is 12.1 Å². The van der Waals surface area contributed by atoms with Crippen LogP contribution in [-0.4, -0.2) is 29.2 Å². The largest absolute Gasteiger partial charge is 0.423 e. The molecule has 0 saturated heterocycles. The first-order valence-electron chi connectivity index (χ1n) is 9.29. The van der Waals surface area contributed by atoms with Crippen molar-refractivity contribution in [3.8, 4) is 5.75 Å². The fourth-order valence-corrected chi connectivity index (χ4v) is 3.33. The van der Waals surface area contributed by atoms with E-state index in [0.717, 1.165) is 23.6 Å². The van der Waals surface area contributed by atoms with Crippen molar-refractivity contribution in [3.05, 3.63) is 77.4 Å². The summed E-state index contributed by atoms with van der Waals surface area (Å²) in [7, 11) is 0. The van der Waals surface area contributed by atoms with E-state index in [0.29, 0.717) is 17.9 Å². The zero-order valence-electron chi connectivity index (χ0n) is 15.5. The van der Waals surface area contributed by atoms with E-state index < -0.39 is 5.97 Å². The molecule has 3 aromatic carbocycles. The number of imide groups is 1. The second kappa shape index (κ2) is 7.27. The SMILES string of the molecule is CCCCN1C(=O)c2ccc(C(=O)Oc3ccc4ccccc4c3)cc2C1=O. The molecular formula is C23H19NO4. The monoisotopic (exact) mass is 373 g/mol. The Hall–Kier alpha value is -3.47. The summed E-state index contributed by atoms with van der Waals surface area (Å²) in [5, 5.41) is 2.02. The Morgan fingerprint density at radius 3 is 2.43 bits per heavy atom. The van der Waals surface area contributed by atoms with E-state index in [4.69, 9.17) is 4.74 Å². The minimum atomic E-state index is -0.565. The standard InChI is InChI=1S/C23H19NO4/c1-2-3-12-24-21(25)19-11-9-17(14-20(19)22(24)26)23(27)28-18-10-8-15-6-4-5-7-16(15)13-18/h4-11,13-14H,2-3,12H2,1H3. The lowest BCUT2D eigenvalue weighted by Crippen LogP contribution is -2.30. The molecule has 0 radical (unpaired) electrons. The Morgan fingerprint density at radius 1 is 0.893 bits per heavy atom. The Labute approximate surface area is 162 Å². The summed E-state index contributed by atoms with van der Waals surface area (Å²) < 4.78 is 5.47. The average molecular weight is 373 g/mol. The van der Waals surface area contributed by atoms with Crippen molar-refractivity contribution in [2.45, 2.75) is 19.8 Å². The smallest absolute Gasteiger partial charge is 0.343 e. The molecule has 5 heteroatoms. The van der Waals surface area contributed by atoms with Crippen LogP contribution < -0.4 is 4.74 Å². The fourth-order valence-electron chi connectivity index (χ4n) is 3.33. The predicted molar refractivity (Wildman–Crippen MR) is 106 cm³/mol. The van der Waals surface area contributed by atoms with Gasteiger partial charge in [-0.05, 0) is 47.5 Å². The Bertz CT molecular complexity index is 1100. The third-order valence-corrected chi connectivity index (χ3v) is 4.87. The minimum absolute atomic E-state index is 0.241. The molecular weight excluding hydrogens is 354 g/mol. The van der Waals surface area contributed by atoms with Gasteiger partial charge in [0.05, 0.1) is 16.7 Å². The van der Waals surface area contributed by atoms with Gasteiger partial charge in [-0.3, -0.25) is 14.5 Å². The number of amides is 2. The normalized spacial score (nSPS) is 13.1. The molecule has 0 fully saturated rings. The van der Waals surface area contributed by atoms with Crippen molar-refractivity contribution in [2.75, 3.05) is 6.54 Å². The molecule has 1 aliphatic rings. The van der Waals surface area contributed by atoms with Crippen LogP contribution in [0.15, 0.2) is 60.7 Å². The van der Waals surface area contributed by atoms with E-state index in [-0.39, 0.29) is 22.9 Å². The minimum Gasteiger partial charge on any atom is -0.423 e. The number of hydrogen-bond acceptors (Lipinski definition) is 4. The molecule has 1 heterocycles. The topological polar surface area (TPSA) is 63.7 Å². The molecule has 4 rings (SSSR count). The molecule has 5 nitrogen and oxygen atoms in total. The maximum Gasteiger partial charge on any atom is 0.343 e. The van der Waals surface area contributed by atoms with Gasteiger partial charge in [0.25, 0.3) is 11.8 Å². The lowest BCUT2D eigenvalue weighted by molar-refractivity contribution is 0.0651. The van der Waals surface area contributed by atoms with Crippen molar-refractivity contribution in [1.29, 1.82) is 0 Å². The molecule has 3 aromatic rings. The highest BCUT2D eigenvalue weighted by Gasteiger charge is 2.35. The van der Waals surface area contributed by atoms with Crippen LogP contribution >= 0.6 is 0 Å². The first-order valence-corrected chi connectivity index (χ1v) is 9.29. The summed E-state index contributed by atoms with van der Waals surface area (Å²) in [6.45, 7) is 2.39. The van der Waals surface area contributed by atoms with Crippen LogP contribution in [0.5, 0.6) is 5.75 Å². The summed E-state index contributed by atoms with van der Waals surface area (Å²) in [4.78, 5) is 38.7. The van der Waals surface area contributed by atoms with Gasteiger partial charge in [-0.15, -0.1) is 0 Å². The second-order valence-electron chi connectivity index (χ2n) is 6.77. The van der Waals surface area contributed by atoms with Gasteiger partial charge in [0.15, 0.2) is 0 Å². The van der Waals surface area contributed by atoms with Crippen LogP contribution in [-0.2, 0) is 0 Å². The predicted octanol–water partition coefficient (Wildman–Crippen LogP) is 4.46. The maximum absolute atomic E-state index is 12.6. The number of carbonyl (C=O) groups excluding carboxylic acids is 3. The van der Waals surface area contributed by atoms with Gasteiger partial charge < -0.3 is 4.74 Å². The maximum atomic E-state index is 12.6. The van der Waals surface area contributed by atoms with Crippen molar-refractivity contribution in [3.63, 3.8) is 0 Å². The molecule has 28 heavy (non-hydrogen) atoms. The Morgan fingerprint density at radius 2 is 1.64 bits per heavy atom. The zero-order chi connectivity index (χ0) is 19.7. The molecule has 0 N–H and O–H groups in total. The summed E-state index contributed by atoms with van der Waals surface area (Å²) in [5.41, 5.74) is 0.836. The first kappa shape index (κ1) is 17.9. The van der Waals surface area contributed by atoms with Gasteiger partial charge in [-0.25, -0.2) is 4.79 Å². The number of carbonyl (C=O) groups is 3. The average Bonchev–Trinajstić information content (AvgIpc) is 2.96. The van der Waals surface area contributed by atoms with Crippen LogP contribution in [0.2, 0.25) is 0 Å². The molecule has 140 valence electrons. The molecule has 1 aliphatic heterocycles. The number of ether oxygens (including phenoxy) is 1. The van der Waals surface area contributed by atoms with Crippen molar-refractivity contribution >= 4 is 28.6 Å². The molecule has 0 spiro atoms. The van der Waals surface area contributed by atoms with E-state index in [1.165, 1.54) is 23.1 Å². The zero-order valence-corrected chi connectivity index (χ0v) is 15.5. The van der Waals surface area contributed by atoms with Crippen molar-refractivity contribution in [2.24, 2.45) is 0 Å². The third kappa shape index (κ3) is 3.16. The highest BCUT2D eigenvalue weighted by Crippen LogP contribution is 2.26. The molecule has 0 atom stereocenters. The summed E-state index contributed by atoms with van der Waals surface area (Å²) in [6.07, 6.45) is 1.64. The van der Waals surface area contributed by atoms with Crippen LogP contribution in [0, 0.1) is 0 Å². The van der Waals surface area contributed by atoms with E-state index in [2.05, 4.69) is 0 Å².